The van der Waals surface area contributed by atoms with Gasteiger partial charge in [-0.3, -0.25) is 4.99 Å². The van der Waals surface area contributed by atoms with Crippen LogP contribution in [0.1, 0.15) is 11.7 Å². The summed E-state index contributed by atoms with van der Waals surface area (Å²) in [5.41, 5.74) is 6.33. The van der Waals surface area contributed by atoms with Crippen molar-refractivity contribution in [3.8, 4) is 0 Å². The molecule has 92 valence electrons. The minimum atomic E-state index is -0.684. The molecule has 0 amide bonds. The Hall–Kier alpha value is -1.52. The predicted molar refractivity (Wildman–Crippen MR) is 71.1 cm³/mol. The zero-order valence-electron chi connectivity index (χ0n) is 9.44. The molecular weight excluding hydrogens is 238 g/mol. The van der Waals surface area contributed by atoms with E-state index in [2.05, 4.69) is 16.9 Å². The van der Waals surface area contributed by atoms with Gasteiger partial charge in [0, 0.05) is 11.6 Å². The van der Waals surface area contributed by atoms with Gasteiger partial charge in [-0.2, -0.15) is 0 Å². The number of rotatable bonds is 5. The summed E-state index contributed by atoms with van der Waals surface area (Å²) in [6, 6.07) is 6.97. The molecular formula is C12H16ClN3O. The number of hydrogen-bond donors (Lipinski definition) is 3. The van der Waals surface area contributed by atoms with E-state index in [1.54, 1.807) is 30.3 Å². The SMILES string of the molecule is C=CCNC(N)=NCC(O)c1ccc(Cl)cc1. The molecule has 0 fully saturated rings. The number of halogens is 1. The number of nitrogens with two attached hydrogens (primary N) is 1. The molecule has 0 aliphatic rings. The van der Waals surface area contributed by atoms with Crippen molar-refractivity contribution < 1.29 is 5.11 Å². The first-order valence-corrected chi connectivity index (χ1v) is 5.59. The lowest BCUT2D eigenvalue weighted by Crippen LogP contribution is -2.32. The first-order valence-electron chi connectivity index (χ1n) is 5.21. The maximum atomic E-state index is 9.83. The Morgan fingerprint density at radius 2 is 2.18 bits per heavy atom. The standard InChI is InChI=1S/C12H16ClN3O/c1-2-7-15-12(14)16-8-11(17)9-3-5-10(13)6-4-9/h2-6,11,17H,1,7-8H2,(H3,14,15,16). The van der Waals surface area contributed by atoms with Crippen LogP contribution >= 0.6 is 11.6 Å². The van der Waals surface area contributed by atoms with Crippen LogP contribution in [0.2, 0.25) is 5.02 Å². The Kier molecular flexibility index (Phi) is 5.52. The summed E-state index contributed by atoms with van der Waals surface area (Å²) < 4.78 is 0. The monoisotopic (exact) mass is 253 g/mol. The summed E-state index contributed by atoms with van der Waals surface area (Å²) in [6.45, 7) is 4.30. The van der Waals surface area contributed by atoms with Crippen molar-refractivity contribution in [1.82, 2.24) is 5.32 Å². The third-order valence-electron chi connectivity index (χ3n) is 2.12. The van der Waals surface area contributed by atoms with E-state index >= 15 is 0 Å². The quantitative estimate of drug-likeness (QED) is 0.423. The second kappa shape index (κ2) is 6.93. The average molecular weight is 254 g/mol. The van der Waals surface area contributed by atoms with E-state index in [0.717, 1.165) is 5.56 Å². The van der Waals surface area contributed by atoms with Crippen LogP contribution in [0.15, 0.2) is 41.9 Å². The van der Waals surface area contributed by atoms with E-state index in [-0.39, 0.29) is 12.5 Å². The topological polar surface area (TPSA) is 70.6 Å². The number of nitrogens with one attached hydrogen (secondary N) is 1. The zero-order chi connectivity index (χ0) is 12.7. The highest BCUT2D eigenvalue weighted by Crippen LogP contribution is 2.16. The molecule has 4 nitrogen and oxygen atoms in total. The van der Waals surface area contributed by atoms with Gasteiger partial charge in [0.25, 0.3) is 0 Å². The Morgan fingerprint density at radius 3 is 2.76 bits per heavy atom. The molecule has 0 aliphatic carbocycles. The van der Waals surface area contributed by atoms with Gasteiger partial charge >= 0.3 is 0 Å². The van der Waals surface area contributed by atoms with Crippen LogP contribution in [-0.2, 0) is 0 Å². The Balaban J connectivity index is 2.51. The molecule has 1 rings (SSSR count). The second-order valence-corrected chi connectivity index (χ2v) is 3.90. The van der Waals surface area contributed by atoms with Crippen molar-refractivity contribution >= 4 is 17.6 Å². The number of aliphatic imine (C=N–C) groups is 1. The largest absolute Gasteiger partial charge is 0.386 e. The van der Waals surface area contributed by atoms with Crippen LogP contribution < -0.4 is 11.1 Å². The lowest BCUT2D eigenvalue weighted by molar-refractivity contribution is 0.187. The van der Waals surface area contributed by atoms with Crippen LogP contribution in [-0.4, -0.2) is 24.2 Å². The zero-order valence-corrected chi connectivity index (χ0v) is 10.2. The van der Waals surface area contributed by atoms with Gasteiger partial charge in [0.1, 0.15) is 0 Å². The first-order chi connectivity index (χ1) is 8.13. The summed E-state index contributed by atoms with van der Waals surface area (Å²) in [7, 11) is 0. The van der Waals surface area contributed by atoms with Crippen LogP contribution in [0.4, 0.5) is 0 Å². The van der Waals surface area contributed by atoms with Crippen molar-refractivity contribution in [1.29, 1.82) is 0 Å². The molecule has 1 aromatic carbocycles. The third-order valence-corrected chi connectivity index (χ3v) is 2.37. The maximum Gasteiger partial charge on any atom is 0.188 e. The molecule has 1 aromatic rings. The van der Waals surface area contributed by atoms with Crippen LogP contribution in [0, 0.1) is 0 Å². The van der Waals surface area contributed by atoms with Gasteiger partial charge < -0.3 is 16.2 Å². The smallest absolute Gasteiger partial charge is 0.188 e. The minimum absolute atomic E-state index is 0.206. The highest BCUT2D eigenvalue weighted by atomic mass is 35.5. The van der Waals surface area contributed by atoms with Gasteiger partial charge in [-0.05, 0) is 17.7 Å². The van der Waals surface area contributed by atoms with E-state index in [1.165, 1.54) is 0 Å². The summed E-state index contributed by atoms with van der Waals surface area (Å²) >= 11 is 5.75. The van der Waals surface area contributed by atoms with E-state index < -0.39 is 6.10 Å². The maximum absolute atomic E-state index is 9.83. The molecule has 1 atom stereocenters. The minimum Gasteiger partial charge on any atom is -0.386 e. The second-order valence-electron chi connectivity index (χ2n) is 3.46. The molecule has 0 spiro atoms. The number of aliphatic hydroxyl groups excluding tert-OH is 1. The molecule has 0 aromatic heterocycles. The van der Waals surface area contributed by atoms with Gasteiger partial charge in [-0.15, -0.1) is 6.58 Å². The number of benzene rings is 1. The molecule has 0 heterocycles. The van der Waals surface area contributed by atoms with Crippen molar-refractivity contribution in [3.63, 3.8) is 0 Å². The van der Waals surface area contributed by atoms with Gasteiger partial charge in [0.05, 0.1) is 12.6 Å². The van der Waals surface area contributed by atoms with Crippen LogP contribution in [0.3, 0.4) is 0 Å². The van der Waals surface area contributed by atoms with Crippen molar-refractivity contribution in [2.45, 2.75) is 6.10 Å². The first kappa shape index (κ1) is 13.5. The molecule has 0 aliphatic heterocycles. The highest BCUT2D eigenvalue weighted by molar-refractivity contribution is 6.30. The van der Waals surface area contributed by atoms with E-state index in [0.29, 0.717) is 11.6 Å². The normalized spacial score (nSPS) is 13.2. The van der Waals surface area contributed by atoms with Gasteiger partial charge in [-0.25, -0.2) is 0 Å². The van der Waals surface area contributed by atoms with E-state index in [9.17, 15) is 5.11 Å². The summed E-state index contributed by atoms with van der Waals surface area (Å²) in [5.74, 6) is 0.290. The Bertz CT molecular complexity index is 389. The van der Waals surface area contributed by atoms with Gasteiger partial charge in [0.15, 0.2) is 5.96 Å². The van der Waals surface area contributed by atoms with Crippen LogP contribution in [0.5, 0.6) is 0 Å². The lowest BCUT2D eigenvalue weighted by atomic mass is 10.1. The summed E-state index contributed by atoms with van der Waals surface area (Å²) in [4.78, 5) is 4.01. The Morgan fingerprint density at radius 1 is 1.53 bits per heavy atom. The van der Waals surface area contributed by atoms with Crippen molar-refractivity contribution in [2.24, 2.45) is 10.7 Å². The fraction of sp³-hybridized carbons (Fsp3) is 0.250. The van der Waals surface area contributed by atoms with Crippen molar-refractivity contribution in [3.05, 3.63) is 47.5 Å². The number of aliphatic hydroxyl groups is 1. The molecule has 17 heavy (non-hydrogen) atoms. The molecule has 0 saturated carbocycles. The van der Waals surface area contributed by atoms with Crippen molar-refractivity contribution in [2.75, 3.05) is 13.1 Å². The fourth-order valence-electron chi connectivity index (χ4n) is 1.21. The summed E-state index contributed by atoms with van der Waals surface area (Å²) in [6.07, 6.45) is 0.995. The van der Waals surface area contributed by atoms with E-state index in [4.69, 9.17) is 17.3 Å². The number of guanidine groups is 1. The molecule has 0 bridgehead atoms. The average Bonchev–Trinajstić information content (AvgIpc) is 2.34. The molecule has 1 unspecified atom stereocenters. The molecule has 5 heteroatoms. The fourth-order valence-corrected chi connectivity index (χ4v) is 1.33. The van der Waals surface area contributed by atoms with Crippen LogP contribution in [0.25, 0.3) is 0 Å². The molecule has 0 radical (unpaired) electrons. The third kappa shape index (κ3) is 4.89. The summed E-state index contributed by atoms with van der Waals surface area (Å²) in [5, 5.41) is 13.3. The molecule has 0 saturated heterocycles. The number of hydrogen-bond acceptors (Lipinski definition) is 2. The molecule has 4 N–H and O–H groups in total. The van der Waals surface area contributed by atoms with Gasteiger partial charge in [-0.1, -0.05) is 29.8 Å². The van der Waals surface area contributed by atoms with E-state index in [1.807, 2.05) is 0 Å². The highest BCUT2D eigenvalue weighted by Gasteiger charge is 2.06. The van der Waals surface area contributed by atoms with Gasteiger partial charge in [0.2, 0.25) is 0 Å². The lowest BCUT2D eigenvalue weighted by Gasteiger charge is -2.09. The number of nitrogens with zero attached hydrogens (tertiary/aromatic N) is 1. The Labute approximate surface area is 106 Å². The predicted octanol–water partition coefficient (Wildman–Crippen LogP) is 1.46.